The van der Waals surface area contributed by atoms with Gasteiger partial charge in [-0.1, -0.05) is 30.3 Å². The van der Waals surface area contributed by atoms with Crippen molar-refractivity contribution in [3.63, 3.8) is 0 Å². The van der Waals surface area contributed by atoms with Gasteiger partial charge in [-0.15, -0.1) is 0 Å². The van der Waals surface area contributed by atoms with E-state index in [1.54, 1.807) is 6.92 Å². The zero-order valence-corrected chi connectivity index (χ0v) is 17.2. The van der Waals surface area contributed by atoms with Crippen molar-refractivity contribution < 1.29 is 14.3 Å². The Hall–Kier alpha value is -2.60. The van der Waals surface area contributed by atoms with Crippen molar-refractivity contribution in [2.75, 3.05) is 39.8 Å². The van der Waals surface area contributed by atoms with E-state index >= 15 is 0 Å². The lowest BCUT2D eigenvalue weighted by molar-refractivity contribution is 0.0513. The molecule has 1 aromatic carbocycles. The van der Waals surface area contributed by atoms with Gasteiger partial charge in [0.15, 0.2) is 0 Å². The van der Waals surface area contributed by atoms with Gasteiger partial charge in [-0.2, -0.15) is 0 Å². The lowest BCUT2D eigenvalue weighted by Crippen LogP contribution is -2.47. The summed E-state index contributed by atoms with van der Waals surface area (Å²) in [5.74, 6) is -0.378. The highest BCUT2D eigenvalue weighted by molar-refractivity contribution is 6.01. The van der Waals surface area contributed by atoms with Crippen LogP contribution in [0.4, 0.5) is 0 Å². The number of piperazine rings is 1. The van der Waals surface area contributed by atoms with Gasteiger partial charge in [0.05, 0.1) is 12.2 Å². The van der Waals surface area contributed by atoms with E-state index in [0.717, 1.165) is 24.3 Å². The van der Waals surface area contributed by atoms with E-state index in [1.165, 1.54) is 0 Å². The quantitative estimate of drug-likeness (QED) is 0.745. The summed E-state index contributed by atoms with van der Waals surface area (Å²) in [5, 5.41) is 0. The largest absolute Gasteiger partial charge is 0.461 e. The summed E-state index contributed by atoms with van der Waals surface area (Å²) in [6, 6.07) is 9.95. The summed E-state index contributed by atoms with van der Waals surface area (Å²) < 4.78 is 7.23. The summed E-state index contributed by atoms with van der Waals surface area (Å²) >= 11 is 0. The van der Waals surface area contributed by atoms with Crippen LogP contribution in [0.1, 0.15) is 44.6 Å². The number of nitrogens with zero attached hydrogens (tertiary/aromatic N) is 3. The average molecular weight is 383 g/mol. The molecule has 28 heavy (non-hydrogen) atoms. The molecule has 6 nitrogen and oxygen atoms in total. The Labute approximate surface area is 166 Å². The molecule has 1 aliphatic rings. The Morgan fingerprint density at radius 3 is 2.29 bits per heavy atom. The van der Waals surface area contributed by atoms with Crippen molar-refractivity contribution in [2.24, 2.45) is 0 Å². The minimum atomic E-state index is -0.378. The number of likely N-dealkylation sites (N-methyl/N-ethyl adjacent to an activating group) is 1. The van der Waals surface area contributed by atoms with E-state index in [1.807, 2.05) is 53.6 Å². The number of rotatable bonds is 5. The second-order valence-corrected chi connectivity index (χ2v) is 7.32. The fourth-order valence-corrected chi connectivity index (χ4v) is 3.80. The first-order chi connectivity index (χ1) is 13.4. The van der Waals surface area contributed by atoms with E-state index in [-0.39, 0.29) is 11.9 Å². The number of hydrogen-bond donors (Lipinski definition) is 0. The molecule has 0 radical (unpaired) electrons. The maximum Gasteiger partial charge on any atom is 0.355 e. The molecule has 0 bridgehead atoms. The predicted molar refractivity (Wildman–Crippen MR) is 109 cm³/mol. The van der Waals surface area contributed by atoms with E-state index in [4.69, 9.17) is 4.74 Å². The molecule has 0 spiro atoms. The van der Waals surface area contributed by atoms with Gasteiger partial charge in [0.2, 0.25) is 0 Å². The van der Waals surface area contributed by atoms with Gasteiger partial charge >= 0.3 is 5.97 Å². The summed E-state index contributed by atoms with van der Waals surface area (Å²) in [7, 11) is 2.06. The average Bonchev–Trinajstić information content (AvgIpc) is 2.93. The zero-order chi connectivity index (χ0) is 20.3. The fraction of sp³-hybridized carbons (Fsp3) is 0.455. The summed E-state index contributed by atoms with van der Waals surface area (Å²) in [6.45, 7) is 9.51. The molecule has 0 N–H and O–H groups in total. The number of esters is 1. The number of hydrogen-bond acceptors (Lipinski definition) is 4. The van der Waals surface area contributed by atoms with Crippen LogP contribution in [0.15, 0.2) is 30.3 Å². The molecule has 150 valence electrons. The van der Waals surface area contributed by atoms with Crippen molar-refractivity contribution in [2.45, 2.75) is 27.3 Å². The van der Waals surface area contributed by atoms with Gasteiger partial charge in [0.25, 0.3) is 5.91 Å². The Morgan fingerprint density at radius 2 is 1.68 bits per heavy atom. The molecule has 0 saturated carbocycles. The van der Waals surface area contributed by atoms with Crippen LogP contribution < -0.4 is 0 Å². The van der Waals surface area contributed by atoms with Gasteiger partial charge in [0.1, 0.15) is 5.69 Å². The van der Waals surface area contributed by atoms with Crippen LogP contribution in [0, 0.1) is 13.8 Å². The normalized spacial score (nSPS) is 14.9. The molecule has 1 fully saturated rings. The van der Waals surface area contributed by atoms with Gasteiger partial charge in [-0.05, 0) is 38.9 Å². The van der Waals surface area contributed by atoms with Crippen molar-refractivity contribution in [1.82, 2.24) is 14.4 Å². The molecule has 0 unspecified atom stereocenters. The predicted octanol–water partition coefficient (Wildman–Crippen LogP) is 2.72. The van der Waals surface area contributed by atoms with E-state index in [0.29, 0.717) is 43.1 Å². The smallest absolute Gasteiger partial charge is 0.355 e. The van der Waals surface area contributed by atoms with Crippen molar-refractivity contribution >= 4 is 11.9 Å². The second kappa shape index (κ2) is 8.61. The maximum absolute atomic E-state index is 13.3. The summed E-state index contributed by atoms with van der Waals surface area (Å²) in [4.78, 5) is 30.1. The maximum atomic E-state index is 13.3. The molecule has 1 aromatic heterocycles. The number of carbonyl (C=O) groups excluding carboxylic acids is 2. The van der Waals surface area contributed by atoms with E-state index < -0.39 is 0 Å². The van der Waals surface area contributed by atoms with Crippen LogP contribution in [0.5, 0.6) is 0 Å². The molecule has 2 heterocycles. The molecule has 3 rings (SSSR count). The van der Waals surface area contributed by atoms with Crippen LogP contribution in [-0.4, -0.2) is 66.1 Å². The molecule has 0 atom stereocenters. The van der Waals surface area contributed by atoms with Gasteiger partial charge < -0.3 is 19.1 Å². The third-order valence-corrected chi connectivity index (χ3v) is 5.42. The molecule has 2 aromatic rings. The lowest BCUT2D eigenvalue weighted by Gasteiger charge is -2.32. The van der Waals surface area contributed by atoms with Gasteiger partial charge in [-0.25, -0.2) is 4.79 Å². The molecule has 1 saturated heterocycles. The topological polar surface area (TPSA) is 54.8 Å². The number of aromatic nitrogens is 1. The van der Waals surface area contributed by atoms with E-state index in [2.05, 4.69) is 11.9 Å². The standard InChI is InChI=1S/C22H29N3O3/c1-5-28-22(27)20-16(2)19(21(26)24-13-11-23(4)12-14-24)17(3)25(20)15-18-9-7-6-8-10-18/h6-10H,5,11-15H2,1-4H3. The van der Waals surface area contributed by atoms with Crippen LogP contribution in [0.25, 0.3) is 0 Å². The van der Waals surface area contributed by atoms with E-state index in [9.17, 15) is 9.59 Å². The third-order valence-electron chi connectivity index (χ3n) is 5.42. The Bertz CT molecular complexity index is 850. The molecule has 1 amide bonds. The van der Waals surface area contributed by atoms with Crippen molar-refractivity contribution in [3.8, 4) is 0 Å². The highest BCUT2D eigenvalue weighted by Gasteiger charge is 2.30. The monoisotopic (exact) mass is 383 g/mol. The molecule has 1 aliphatic heterocycles. The van der Waals surface area contributed by atoms with Crippen LogP contribution in [0.3, 0.4) is 0 Å². The van der Waals surface area contributed by atoms with Crippen molar-refractivity contribution in [1.29, 1.82) is 0 Å². The number of benzene rings is 1. The number of ether oxygens (including phenoxy) is 1. The number of amides is 1. The minimum absolute atomic E-state index is 0.000426. The SMILES string of the molecule is CCOC(=O)c1c(C)c(C(=O)N2CCN(C)CC2)c(C)n1Cc1ccccc1. The fourth-order valence-electron chi connectivity index (χ4n) is 3.80. The van der Waals surface area contributed by atoms with Gasteiger partial charge in [-0.3, -0.25) is 4.79 Å². The highest BCUT2D eigenvalue weighted by Crippen LogP contribution is 2.26. The molecular weight excluding hydrogens is 354 g/mol. The number of carbonyl (C=O) groups is 2. The first-order valence-electron chi connectivity index (χ1n) is 9.82. The first kappa shape index (κ1) is 20.1. The minimum Gasteiger partial charge on any atom is -0.461 e. The molecule has 0 aliphatic carbocycles. The second-order valence-electron chi connectivity index (χ2n) is 7.32. The molecular formula is C22H29N3O3. The van der Waals surface area contributed by atoms with Crippen LogP contribution in [-0.2, 0) is 11.3 Å². The first-order valence-corrected chi connectivity index (χ1v) is 9.82. The Morgan fingerprint density at radius 1 is 1.04 bits per heavy atom. The van der Waals surface area contributed by atoms with Crippen LogP contribution >= 0.6 is 0 Å². The Kier molecular flexibility index (Phi) is 6.19. The summed E-state index contributed by atoms with van der Waals surface area (Å²) in [6.07, 6.45) is 0. The third kappa shape index (κ3) is 3.97. The van der Waals surface area contributed by atoms with Crippen LogP contribution in [0.2, 0.25) is 0 Å². The molecule has 6 heteroatoms. The lowest BCUT2D eigenvalue weighted by atomic mass is 10.1. The zero-order valence-electron chi connectivity index (χ0n) is 17.2. The van der Waals surface area contributed by atoms with Gasteiger partial charge in [0, 0.05) is 38.4 Å². The van der Waals surface area contributed by atoms with Crippen molar-refractivity contribution in [3.05, 3.63) is 58.4 Å². The summed E-state index contributed by atoms with van der Waals surface area (Å²) in [5.41, 5.74) is 3.69. The Balaban J connectivity index is 2.02. The highest BCUT2D eigenvalue weighted by atomic mass is 16.5.